The molecule has 2 aromatic heterocycles. The van der Waals surface area contributed by atoms with Crippen molar-refractivity contribution in [1.29, 1.82) is 0 Å². The number of hydrogen-bond donors (Lipinski definition) is 3. The molecule has 0 spiro atoms. The first kappa shape index (κ1) is 24.5. The van der Waals surface area contributed by atoms with Gasteiger partial charge in [0.15, 0.2) is 0 Å². The molecule has 2 aromatic carbocycles. The van der Waals surface area contributed by atoms with Crippen LogP contribution in [0.5, 0.6) is 0 Å². The van der Waals surface area contributed by atoms with E-state index >= 15 is 0 Å². The quantitative estimate of drug-likeness (QED) is 0.391. The van der Waals surface area contributed by atoms with Gasteiger partial charge in [0.25, 0.3) is 0 Å². The summed E-state index contributed by atoms with van der Waals surface area (Å²) in [6.45, 7) is 0. The summed E-state index contributed by atoms with van der Waals surface area (Å²) in [4.78, 5) is 21.5. The largest absolute Gasteiger partial charge is 0.490 e. The van der Waals surface area contributed by atoms with Crippen LogP contribution in [0.2, 0.25) is 0 Å². The summed E-state index contributed by atoms with van der Waals surface area (Å²) in [6.07, 6.45) is 1.66. The molecule has 2 heterocycles. The molecule has 0 atom stereocenters. The molecular formula is C21H16F3N5O4S. The van der Waals surface area contributed by atoms with Crippen molar-refractivity contribution in [2.75, 3.05) is 5.32 Å². The zero-order valence-corrected chi connectivity index (χ0v) is 17.9. The van der Waals surface area contributed by atoms with E-state index in [1.807, 2.05) is 24.3 Å². The Morgan fingerprint density at radius 3 is 2.15 bits per heavy atom. The lowest BCUT2D eigenvalue weighted by Gasteiger charge is -2.10. The number of aliphatic carboxylic acids is 1. The molecule has 0 fully saturated rings. The van der Waals surface area contributed by atoms with Gasteiger partial charge in [-0.2, -0.15) is 13.2 Å². The predicted molar refractivity (Wildman–Crippen MR) is 118 cm³/mol. The molecule has 0 radical (unpaired) electrons. The van der Waals surface area contributed by atoms with Crippen LogP contribution in [0.15, 0.2) is 78.3 Å². The Balaban J connectivity index is 0.000000406. The van der Waals surface area contributed by atoms with E-state index in [0.717, 1.165) is 21.9 Å². The summed E-state index contributed by atoms with van der Waals surface area (Å²) >= 11 is 0. The molecule has 4 aromatic rings. The number of aromatic nitrogens is 3. The highest BCUT2D eigenvalue weighted by molar-refractivity contribution is 7.89. The standard InChI is InChI=1S/C19H15N5O2S.C2HF3O2/c20-27(25,26)17-4-2-16(3-5-17)24-19-18-6-1-13(9-14(18)7-8-23-19)15-10-21-12-22-11-15;3-2(4,5)1(6)7/h1-12H,(H,23,24)(H2,20,25,26);(H,6,7). The molecule has 4 N–H and O–H groups in total. The van der Waals surface area contributed by atoms with Crippen LogP contribution in [0.25, 0.3) is 21.9 Å². The Morgan fingerprint density at radius 2 is 1.59 bits per heavy atom. The number of benzene rings is 2. The Morgan fingerprint density at radius 1 is 0.971 bits per heavy atom. The van der Waals surface area contributed by atoms with Crippen molar-refractivity contribution in [3.63, 3.8) is 0 Å². The molecule has 0 bridgehead atoms. The first-order valence-electron chi connectivity index (χ1n) is 9.29. The molecule has 0 aliphatic carbocycles. The molecule has 9 nitrogen and oxygen atoms in total. The highest BCUT2D eigenvalue weighted by Crippen LogP contribution is 2.28. The Kier molecular flexibility index (Phi) is 7.08. The van der Waals surface area contributed by atoms with E-state index in [0.29, 0.717) is 11.5 Å². The van der Waals surface area contributed by atoms with E-state index in [-0.39, 0.29) is 4.90 Å². The summed E-state index contributed by atoms with van der Waals surface area (Å²) in [5.41, 5.74) is 2.66. The van der Waals surface area contributed by atoms with Gasteiger partial charge in [0.05, 0.1) is 4.90 Å². The molecule has 34 heavy (non-hydrogen) atoms. The molecule has 0 amide bonds. The fraction of sp³-hybridized carbons (Fsp3) is 0.0476. The smallest absolute Gasteiger partial charge is 0.475 e. The van der Waals surface area contributed by atoms with Gasteiger partial charge >= 0.3 is 12.1 Å². The Bertz CT molecular complexity index is 1410. The highest BCUT2D eigenvalue weighted by atomic mass is 32.2. The lowest BCUT2D eigenvalue weighted by atomic mass is 10.0. The third kappa shape index (κ3) is 6.24. The summed E-state index contributed by atoms with van der Waals surface area (Å²) in [5, 5.41) is 17.4. The Hall–Kier alpha value is -4.10. The van der Waals surface area contributed by atoms with Gasteiger partial charge in [0, 0.05) is 35.2 Å². The lowest BCUT2D eigenvalue weighted by Crippen LogP contribution is -2.21. The first-order valence-corrected chi connectivity index (χ1v) is 10.8. The van der Waals surface area contributed by atoms with Crippen molar-refractivity contribution < 1.29 is 31.5 Å². The predicted octanol–water partition coefficient (Wildman–Crippen LogP) is 3.72. The minimum Gasteiger partial charge on any atom is -0.475 e. The number of carboxylic acid groups (broad SMARTS) is 1. The number of rotatable bonds is 4. The third-order valence-electron chi connectivity index (χ3n) is 4.35. The van der Waals surface area contributed by atoms with Crippen LogP contribution in [0, 0.1) is 0 Å². The molecule has 0 unspecified atom stereocenters. The van der Waals surface area contributed by atoms with Gasteiger partial charge in [-0.1, -0.05) is 12.1 Å². The summed E-state index contributed by atoms with van der Waals surface area (Å²) < 4.78 is 54.5. The second-order valence-electron chi connectivity index (χ2n) is 6.72. The van der Waals surface area contributed by atoms with Gasteiger partial charge in [-0.05, 0) is 47.3 Å². The molecule has 0 aliphatic rings. The van der Waals surface area contributed by atoms with Crippen LogP contribution in [0.1, 0.15) is 0 Å². The fourth-order valence-electron chi connectivity index (χ4n) is 2.77. The van der Waals surface area contributed by atoms with E-state index in [1.54, 1.807) is 30.7 Å². The van der Waals surface area contributed by atoms with Gasteiger partial charge in [-0.25, -0.2) is 33.3 Å². The van der Waals surface area contributed by atoms with Crippen molar-refractivity contribution in [3.8, 4) is 11.1 Å². The number of sulfonamides is 1. The van der Waals surface area contributed by atoms with Crippen molar-refractivity contribution in [1.82, 2.24) is 15.0 Å². The molecule has 0 aliphatic heterocycles. The monoisotopic (exact) mass is 491 g/mol. The van der Waals surface area contributed by atoms with Gasteiger partial charge in [0.1, 0.15) is 12.1 Å². The number of hydrogen-bond acceptors (Lipinski definition) is 7. The maximum Gasteiger partial charge on any atom is 0.490 e. The van der Waals surface area contributed by atoms with E-state index in [2.05, 4.69) is 20.3 Å². The molecule has 4 rings (SSSR count). The summed E-state index contributed by atoms with van der Waals surface area (Å²) in [5.74, 6) is -2.08. The number of nitrogens with one attached hydrogen (secondary N) is 1. The molecular weight excluding hydrogens is 475 g/mol. The number of carbonyl (C=O) groups is 1. The molecule has 176 valence electrons. The normalized spacial score (nSPS) is 11.4. The van der Waals surface area contributed by atoms with Crippen molar-refractivity contribution in [3.05, 3.63) is 73.4 Å². The average molecular weight is 491 g/mol. The first-order chi connectivity index (χ1) is 15.9. The molecule has 0 saturated heterocycles. The van der Waals surface area contributed by atoms with Gasteiger partial charge in [0.2, 0.25) is 10.0 Å². The zero-order chi connectivity index (χ0) is 24.9. The van der Waals surface area contributed by atoms with Crippen molar-refractivity contribution >= 4 is 38.3 Å². The van der Waals surface area contributed by atoms with Gasteiger partial charge < -0.3 is 10.4 Å². The van der Waals surface area contributed by atoms with Gasteiger partial charge in [-0.15, -0.1) is 0 Å². The van der Waals surface area contributed by atoms with Crippen LogP contribution < -0.4 is 10.5 Å². The number of pyridine rings is 1. The van der Waals surface area contributed by atoms with Crippen LogP contribution in [-0.2, 0) is 14.8 Å². The average Bonchev–Trinajstić information content (AvgIpc) is 2.79. The number of halogens is 3. The van der Waals surface area contributed by atoms with E-state index < -0.39 is 22.2 Å². The van der Waals surface area contributed by atoms with E-state index in [1.165, 1.54) is 18.5 Å². The number of nitrogens with two attached hydrogens (primary N) is 1. The minimum absolute atomic E-state index is 0.0636. The number of alkyl halides is 3. The maximum atomic E-state index is 11.4. The summed E-state index contributed by atoms with van der Waals surface area (Å²) in [6, 6.07) is 14.1. The van der Waals surface area contributed by atoms with Crippen LogP contribution in [0.3, 0.4) is 0 Å². The second kappa shape index (κ2) is 9.80. The lowest BCUT2D eigenvalue weighted by molar-refractivity contribution is -0.192. The number of fused-ring (bicyclic) bond motifs is 1. The van der Waals surface area contributed by atoms with Crippen LogP contribution in [-0.4, -0.2) is 40.6 Å². The maximum absolute atomic E-state index is 11.4. The SMILES string of the molecule is NS(=O)(=O)c1ccc(Nc2nccc3cc(-c4cncnc4)ccc23)cc1.O=C(O)C(F)(F)F. The van der Waals surface area contributed by atoms with Crippen LogP contribution in [0.4, 0.5) is 24.7 Å². The van der Waals surface area contributed by atoms with E-state index in [4.69, 9.17) is 15.0 Å². The number of anilines is 2. The fourth-order valence-corrected chi connectivity index (χ4v) is 3.29. The Labute approximate surface area is 191 Å². The number of carboxylic acids is 1. The number of nitrogens with zero attached hydrogens (tertiary/aromatic N) is 3. The number of primary sulfonamides is 1. The summed E-state index contributed by atoms with van der Waals surface area (Å²) in [7, 11) is -3.71. The van der Waals surface area contributed by atoms with E-state index in [9.17, 15) is 21.6 Å². The second-order valence-corrected chi connectivity index (χ2v) is 8.28. The highest BCUT2D eigenvalue weighted by Gasteiger charge is 2.38. The third-order valence-corrected chi connectivity index (χ3v) is 5.28. The topological polar surface area (TPSA) is 148 Å². The van der Waals surface area contributed by atoms with Gasteiger partial charge in [-0.3, -0.25) is 0 Å². The van der Waals surface area contributed by atoms with Crippen molar-refractivity contribution in [2.45, 2.75) is 11.1 Å². The minimum atomic E-state index is -5.08. The zero-order valence-electron chi connectivity index (χ0n) is 17.1. The molecule has 13 heteroatoms. The molecule has 0 saturated carbocycles. The van der Waals surface area contributed by atoms with Crippen LogP contribution >= 0.6 is 0 Å². The van der Waals surface area contributed by atoms with Crippen molar-refractivity contribution in [2.24, 2.45) is 5.14 Å².